The van der Waals surface area contributed by atoms with Gasteiger partial charge in [-0.05, 0) is 61.7 Å². The number of carbonyl (C=O) groups excluding carboxylic acids is 1. The van der Waals surface area contributed by atoms with E-state index in [9.17, 15) is 4.79 Å². The first-order chi connectivity index (χ1) is 8.49. The van der Waals surface area contributed by atoms with E-state index >= 15 is 0 Å². The second kappa shape index (κ2) is 4.14. The zero-order valence-electron chi connectivity index (χ0n) is 11.5. The summed E-state index contributed by atoms with van der Waals surface area (Å²) in [4.78, 5) is 10.9. The van der Waals surface area contributed by atoms with E-state index in [0.717, 1.165) is 29.6 Å². The molecule has 1 amide bonds. The Labute approximate surface area is 109 Å². The number of hydrogen-bond donors (Lipinski definition) is 1. The molecule has 0 aliphatic heterocycles. The van der Waals surface area contributed by atoms with Gasteiger partial charge >= 0.3 is 6.09 Å². The van der Waals surface area contributed by atoms with Gasteiger partial charge in [-0.3, -0.25) is 0 Å². The number of rotatable bonds is 3. The monoisotopic (exact) mass is 251 g/mol. The van der Waals surface area contributed by atoms with Crippen molar-refractivity contribution in [1.82, 2.24) is 0 Å². The van der Waals surface area contributed by atoms with E-state index in [1.54, 1.807) is 0 Å². The predicted octanol–water partition coefficient (Wildman–Crippen LogP) is 3.18. The quantitative estimate of drug-likeness (QED) is 0.837. The van der Waals surface area contributed by atoms with Crippen LogP contribution in [0, 0.1) is 35.0 Å². The molecule has 4 aliphatic carbocycles. The summed E-state index contributed by atoms with van der Waals surface area (Å²) in [6, 6.07) is 0. The van der Waals surface area contributed by atoms with Crippen molar-refractivity contribution in [2.24, 2.45) is 40.7 Å². The lowest BCUT2D eigenvalue weighted by molar-refractivity contribution is -0.127. The molecule has 4 saturated carbocycles. The highest BCUT2D eigenvalue weighted by molar-refractivity contribution is 5.64. The van der Waals surface area contributed by atoms with Crippen molar-refractivity contribution >= 4 is 6.09 Å². The Morgan fingerprint density at radius 2 is 1.89 bits per heavy atom. The predicted molar refractivity (Wildman–Crippen MR) is 69.9 cm³/mol. The second-order valence-electron chi connectivity index (χ2n) is 7.40. The lowest BCUT2D eigenvalue weighted by Crippen LogP contribution is -2.54. The Morgan fingerprint density at radius 3 is 2.39 bits per heavy atom. The van der Waals surface area contributed by atoms with Crippen LogP contribution in [0.5, 0.6) is 0 Å². The number of nitrogens with two attached hydrogens (primary N) is 1. The fourth-order valence-electron chi connectivity index (χ4n) is 5.72. The van der Waals surface area contributed by atoms with Gasteiger partial charge in [0, 0.05) is 5.41 Å². The van der Waals surface area contributed by atoms with Gasteiger partial charge in [0.15, 0.2) is 0 Å². The van der Waals surface area contributed by atoms with Crippen LogP contribution in [0.4, 0.5) is 4.79 Å². The third kappa shape index (κ3) is 1.92. The summed E-state index contributed by atoms with van der Waals surface area (Å²) >= 11 is 0. The Bertz CT molecular complexity index is 336. The number of hydrogen-bond acceptors (Lipinski definition) is 2. The highest BCUT2D eigenvalue weighted by atomic mass is 16.5. The standard InChI is InChI=1S/C15H25NO2/c1-9(2)13-11-3-10-4-12(13)7-15(5-10,6-11)8-18-14(16)17/h9-13H,3-8H2,1-2H3,(H2,16,17). The minimum atomic E-state index is -0.605. The number of amides is 1. The molecular formula is C15H25NO2. The van der Waals surface area contributed by atoms with E-state index in [0.29, 0.717) is 6.61 Å². The third-order valence-corrected chi connectivity index (χ3v) is 5.76. The molecule has 4 bridgehead atoms. The number of ether oxygens (including phenoxy) is 1. The van der Waals surface area contributed by atoms with Crippen LogP contribution in [0.25, 0.3) is 0 Å². The molecule has 3 nitrogen and oxygen atoms in total. The van der Waals surface area contributed by atoms with Crippen molar-refractivity contribution in [2.75, 3.05) is 6.61 Å². The summed E-state index contributed by atoms with van der Waals surface area (Å²) in [6.07, 6.45) is 6.01. The van der Waals surface area contributed by atoms with Gasteiger partial charge in [0.1, 0.15) is 0 Å². The maximum absolute atomic E-state index is 10.9. The van der Waals surface area contributed by atoms with Gasteiger partial charge in [0.05, 0.1) is 6.61 Å². The van der Waals surface area contributed by atoms with Gasteiger partial charge in [0.2, 0.25) is 0 Å². The average molecular weight is 251 g/mol. The SMILES string of the molecule is CC(C)C1C2CC3CC1CC(COC(N)=O)(C3)C2. The zero-order valence-corrected chi connectivity index (χ0v) is 11.5. The topological polar surface area (TPSA) is 52.3 Å². The largest absolute Gasteiger partial charge is 0.449 e. The van der Waals surface area contributed by atoms with Gasteiger partial charge in [-0.2, -0.15) is 0 Å². The minimum Gasteiger partial charge on any atom is -0.449 e. The van der Waals surface area contributed by atoms with E-state index in [2.05, 4.69) is 13.8 Å². The molecule has 4 fully saturated rings. The molecule has 2 unspecified atom stereocenters. The summed E-state index contributed by atoms with van der Waals surface area (Å²) in [5, 5.41) is 0. The molecule has 0 aromatic carbocycles. The summed E-state index contributed by atoms with van der Waals surface area (Å²) in [5.41, 5.74) is 5.41. The van der Waals surface area contributed by atoms with Crippen molar-refractivity contribution in [3.05, 3.63) is 0 Å². The van der Waals surface area contributed by atoms with Crippen LogP contribution < -0.4 is 5.73 Å². The molecule has 0 heterocycles. The lowest BCUT2D eigenvalue weighted by Gasteiger charge is -2.61. The summed E-state index contributed by atoms with van der Waals surface area (Å²) in [6.45, 7) is 5.32. The van der Waals surface area contributed by atoms with Gasteiger partial charge in [-0.15, -0.1) is 0 Å². The molecule has 2 N–H and O–H groups in total. The van der Waals surface area contributed by atoms with Crippen molar-refractivity contribution in [3.8, 4) is 0 Å². The highest BCUT2D eigenvalue weighted by Gasteiger charge is 2.56. The Hall–Kier alpha value is -0.730. The van der Waals surface area contributed by atoms with Crippen molar-refractivity contribution < 1.29 is 9.53 Å². The maximum Gasteiger partial charge on any atom is 0.404 e. The summed E-state index contributed by atoms with van der Waals surface area (Å²) < 4.78 is 5.16. The summed E-state index contributed by atoms with van der Waals surface area (Å²) in [7, 11) is 0. The van der Waals surface area contributed by atoms with Crippen molar-refractivity contribution in [3.63, 3.8) is 0 Å². The van der Waals surface area contributed by atoms with Crippen LogP contribution in [0.2, 0.25) is 0 Å². The third-order valence-electron chi connectivity index (χ3n) is 5.76. The van der Waals surface area contributed by atoms with Crippen molar-refractivity contribution in [1.29, 1.82) is 0 Å². The van der Waals surface area contributed by atoms with Crippen LogP contribution in [0.15, 0.2) is 0 Å². The van der Waals surface area contributed by atoms with Gasteiger partial charge < -0.3 is 10.5 Å². The van der Waals surface area contributed by atoms with E-state index in [4.69, 9.17) is 10.5 Å². The van der Waals surface area contributed by atoms with Gasteiger partial charge in [-0.25, -0.2) is 4.79 Å². The normalized spacial score (nSPS) is 45.5. The van der Waals surface area contributed by atoms with E-state index in [-0.39, 0.29) is 5.41 Å². The molecule has 2 atom stereocenters. The highest BCUT2D eigenvalue weighted by Crippen LogP contribution is 2.63. The minimum absolute atomic E-state index is 0.275. The lowest BCUT2D eigenvalue weighted by atomic mass is 9.45. The molecule has 4 rings (SSSR count). The molecule has 3 heteroatoms. The first-order valence-corrected chi connectivity index (χ1v) is 7.41. The molecule has 0 aromatic heterocycles. The first kappa shape index (κ1) is 12.3. The van der Waals surface area contributed by atoms with Crippen LogP contribution in [0.3, 0.4) is 0 Å². The Morgan fingerprint density at radius 1 is 1.28 bits per heavy atom. The molecule has 0 spiro atoms. The summed E-state index contributed by atoms with van der Waals surface area (Å²) in [5.74, 6) is 4.33. The average Bonchev–Trinajstić information content (AvgIpc) is 2.24. The van der Waals surface area contributed by atoms with Crippen LogP contribution in [0.1, 0.15) is 46.0 Å². The molecule has 0 aromatic rings. The maximum atomic E-state index is 10.9. The molecular weight excluding hydrogens is 226 g/mol. The van der Waals surface area contributed by atoms with Crippen molar-refractivity contribution in [2.45, 2.75) is 46.0 Å². The number of carbonyl (C=O) groups is 1. The molecule has 102 valence electrons. The van der Waals surface area contributed by atoms with Crippen LogP contribution >= 0.6 is 0 Å². The van der Waals surface area contributed by atoms with Gasteiger partial charge in [0.25, 0.3) is 0 Å². The number of primary amides is 1. The smallest absolute Gasteiger partial charge is 0.404 e. The van der Waals surface area contributed by atoms with Gasteiger partial charge in [-0.1, -0.05) is 13.8 Å². The molecule has 0 radical (unpaired) electrons. The fourth-order valence-corrected chi connectivity index (χ4v) is 5.72. The molecule has 0 saturated heterocycles. The first-order valence-electron chi connectivity index (χ1n) is 7.41. The fraction of sp³-hybridized carbons (Fsp3) is 0.933. The molecule has 18 heavy (non-hydrogen) atoms. The Kier molecular flexibility index (Phi) is 2.83. The Balaban J connectivity index is 1.76. The van der Waals surface area contributed by atoms with E-state index in [1.165, 1.54) is 32.1 Å². The van der Waals surface area contributed by atoms with Crippen LogP contribution in [-0.2, 0) is 4.74 Å². The second-order valence-corrected chi connectivity index (χ2v) is 7.40. The molecule has 4 aliphatic rings. The van der Waals surface area contributed by atoms with Crippen LogP contribution in [-0.4, -0.2) is 12.7 Å². The van der Waals surface area contributed by atoms with E-state index in [1.807, 2.05) is 0 Å². The van der Waals surface area contributed by atoms with E-state index < -0.39 is 6.09 Å². The zero-order chi connectivity index (χ0) is 12.9.